The molecule has 0 amide bonds. The highest BCUT2D eigenvalue weighted by Gasteiger charge is 2.03. The summed E-state index contributed by atoms with van der Waals surface area (Å²) in [5.74, 6) is -0.0337. The van der Waals surface area contributed by atoms with E-state index < -0.39 is 0 Å². The summed E-state index contributed by atoms with van der Waals surface area (Å²) >= 11 is 5.99. The first-order chi connectivity index (χ1) is 7.08. The number of halogens is 1. The van der Waals surface area contributed by atoms with Crippen LogP contribution in [-0.2, 0) is 0 Å². The van der Waals surface area contributed by atoms with Gasteiger partial charge in [0.2, 0.25) is 0 Å². The van der Waals surface area contributed by atoms with E-state index in [4.69, 9.17) is 22.7 Å². The maximum Gasteiger partial charge on any atom is 0.141 e. The lowest BCUT2D eigenvalue weighted by atomic mass is 10.1. The summed E-state index contributed by atoms with van der Waals surface area (Å²) in [6.45, 7) is 1.95. The first-order valence-electron chi connectivity index (χ1n) is 4.49. The standard InChI is InChI=1S/C11H10ClN3/c1-6-4-7-2-3-9(11(13)14)15-10(7)5-8(6)12/h2-5H,1H3,(H3,13,14). The highest BCUT2D eigenvalue weighted by molar-refractivity contribution is 6.32. The topological polar surface area (TPSA) is 62.8 Å². The third-order valence-electron chi connectivity index (χ3n) is 2.25. The maximum atomic E-state index is 7.29. The number of nitrogens with zero attached hydrogens (tertiary/aromatic N) is 1. The lowest BCUT2D eigenvalue weighted by molar-refractivity contribution is 1.30. The molecular formula is C11H10ClN3. The quantitative estimate of drug-likeness (QED) is 0.572. The molecule has 3 nitrogen and oxygen atoms in total. The molecule has 0 aliphatic heterocycles. The van der Waals surface area contributed by atoms with Crippen molar-refractivity contribution in [1.29, 1.82) is 5.41 Å². The van der Waals surface area contributed by atoms with E-state index in [1.807, 2.05) is 19.1 Å². The van der Waals surface area contributed by atoms with Crippen LogP contribution in [0.5, 0.6) is 0 Å². The number of nitrogen functional groups attached to an aromatic ring is 1. The van der Waals surface area contributed by atoms with Gasteiger partial charge in [0.15, 0.2) is 0 Å². The van der Waals surface area contributed by atoms with Gasteiger partial charge in [-0.3, -0.25) is 5.41 Å². The van der Waals surface area contributed by atoms with Crippen molar-refractivity contribution in [3.63, 3.8) is 0 Å². The number of aromatic nitrogens is 1. The lowest BCUT2D eigenvalue weighted by Crippen LogP contribution is -2.12. The van der Waals surface area contributed by atoms with Gasteiger partial charge in [0.25, 0.3) is 0 Å². The fourth-order valence-electron chi connectivity index (χ4n) is 1.41. The number of fused-ring (bicyclic) bond motifs is 1. The Kier molecular flexibility index (Phi) is 2.32. The molecule has 0 fully saturated rings. The Bertz CT molecular complexity index is 549. The summed E-state index contributed by atoms with van der Waals surface area (Å²) in [5, 5.41) is 8.97. The third-order valence-corrected chi connectivity index (χ3v) is 2.65. The van der Waals surface area contributed by atoms with Gasteiger partial charge in [0.1, 0.15) is 11.5 Å². The van der Waals surface area contributed by atoms with Gasteiger partial charge in [-0.25, -0.2) is 4.98 Å². The molecule has 4 heteroatoms. The second-order valence-corrected chi connectivity index (χ2v) is 3.81. The number of amidine groups is 1. The van der Waals surface area contributed by atoms with Crippen molar-refractivity contribution in [1.82, 2.24) is 4.98 Å². The van der Waals surface area contributed by atoms with Crippen LogP contribution >= 0.6 is 11.6 Å². The van der Waals surface area contributed by atoms with Gasteiger partial charge in [0.05, 0.1) is 5.52 Å². The van der Waals surface area contributed by atoms with Crippen molar-refractivity contribution in [2.24, 2.45) is 5.73 Å². The molecule has 2 rings (SSSR count). The summed E-state index contributed by atoms with van der Waals surface area (Å²) < 4.78 is 0. The zero-order valence-corrected chi connectivity index (χ0v) is 8.97. The van der Waals surface area contributed by atoms with Gasteiger partial charge in [0, 0.05) is 10.4 Å². The van der Waals surface area contributed by atoms with Crippen molar-refractivity contribution >= 4 is 28.3 Å². The van der Waals surface area contributed by atoms with Crippen molar-refractivity contribution in [2.75, 3.05) is 0 Å². The van der Waals surface area contributed by atoms with E-state index in [1.165, 1.54) is 0 Å². The molecular weight excluding hydrogens is 210 g/mol. The third kappa shape index (κ3) is 1.78. The number of aryl methyl sites for hydroxylation is 1. The summed E-state index contributed by atoms with van der Waals surface area (Å²) in [5.41, 5.74) is 7.61. The molecule has 0 atom stereocenters. The number of pyridine rings is 1. The number of hydrogen-bond donors (Lipinski definition) is 2. The highest BCUT2D eigenvalue weighted by atomic mass is 35.5. The van der Waals surface area contributed by atoms with Crippen LogP contribution in [-0.4, -0.2) is 10.8 Å². The normalized spacial score (nSPS) is 10.5. The molecule has 0 radical (unpaired) electrons. The smallest absolute Gasteiger partial charge is 0.141 e. The van der Waals surface area contributed by atoms with Crippen LogP contribution in [0.2, 0.25) is 5.02 Å². The van der Waals surface area contributed by atoms with E-state index in [0.717, 1.165) is 16.5 Å². The van der Waals surface area contributed by atoms with E-state index in [1.54, 1.807) is 12.1 Å². The van der Waals surface area contributed by atoms with E-state index in [9.17, 15) is 0 Å². The summed E-state index contributed by atoms with van der Waals surface area (Å²) in [6, 6.07) is 7.38. The summed E-state index contributed by atoms with van der Waals surface area (Å²) in [4.78, 5) is 4.24. The second kappa shape index (κ2) is 3.51. The molecule has 0 unspecified atom stereocenters. The molecule has 0 bridgehead atoms. The number of benzene rings is 1. The Morgan fingerprint density at radius 1 is 1.40 bits per heavy atom. The van der Waals surface area contributed by atoms with Crippen molar-refractivity contribution in [3.8, 4) is 0 Å². The Morgan fingerprint density at radius 2 is 2.13 bits per heavy atom. The van der Waals surface area contributed by atoms with Crippen LogP contribution in [0.15, 0.2) is 24.3 Å². The number of nitrogens with two attached hydrogens (primary N) is 1. The molecule has 0 aliphatic rings. The van der Waals surface area contributed by atoms with Crippen LogP contribution in [0.3, 0.4) is 0 Å². The largest absolute Gasteiger partial charge is 0.382 e. The minimum Gasteiger partial charge on any atom is -0.382 e. The van der Waals surface area contributed by atoms with Crippen molar-refractivity contribution < 1.29 is 0 Å². The zero-order valence-electron chi connectivity index (χ0n) is 8.21. The lowest BCUT2D eigenvalue weighted by Gasteiger charge is -2.03. The maximum absolute atomic E-state index is 7.29. The molecule has 1 aromatic carbocycles. The molecule has 15 heavy (non-hydrogen) atoms. The van der Waals surface area contributed by atoms with Crippen LogP contribution in [0.25, 0.3) is 10.9 Å². The molecule has 3 N–H and O–H groups in total. The van der Waals surface area contributed by atoms with Gasteiger partial charge >= 0.3 is 0 Å². The van der Waals surface area contributed by atoms with Crippen LogP contribution in [0.4, 0.5) is 0 Å². The molecule has 2 aromatic rings. The average molecular weight is 220 g/mol. The van der Waals surface area contributed by atoms with Crippen molar-refractivity contribution in [2.45, 2.75) is 6.92 Å². The monoisotopic (exact) mass is 219 g/mol. The first-order valence-corrected chi connectivity index (χ1v) is 4.87. The highest BCUT2D eigenvalue weighted by Crippen LogP contribution is 2.22. The minimum atomic E-state index is -0.0337. The van der Waals surface area contributed by atoms with Crippen LogP contribution < -0.4 is 5.73 Å². The number of rotatable bonds is 1. The van der Waals surface area contributed by atoms with E-state index >= 15 is 0 Å². The fraction of sp³-hybridized carbons (Fsp3) is 0.0909. The molecule has 0 aliphatic carbocycles. The second-order valence-electron chi connectivity index (χ2n) is 3.40. The van der Waals surface area contributed by atoms with Gasteiger partial charge in [-0.1, -0.05) is 17.7 Å². The van der Waals surface area contributed by atoms with Gasteiger partial charge in [-0.05, 0) is 30.7 Å². The van der Waals surface area contributed by atoms with Gasteiger partial charge < -0.3 is 5.73 Å². The minimum absolute atomic E-state index is 0.0337. The van der Waals surface area contributed by atoms with Crippen LogP contribution in [0.1, 0.15) is 11.3 Å². The molecule has 76 valence electrons. The zero-order chi connectivity index (χ0) is 11.0. The van der Waals surface area contributed by atoms with E-state index in [2.05, 4.69) is 4.98 Å². The van der Waals surface area contributed by atoms with E-state index in [0.29, 0.717) is 10.7 Å². The van der Waals surface area contributed by atoms with Gasteiger partial charge in [-0.2, -0.15) is 0 Å². The molecule has 0 spiro atoms. The average Bonchev–Trinajstić information content (AvgIpc) is 2.19. The van der Waals surface area contributed by atoms with E-state index in [-0.39, 0.29) is 5.84 Å². The Balaban J connectivity index is 2.72. The number of hydrogen-bond acceptors (Lipinski definition) is 2. The molecule has 1 aromatic heterocycles. The molecule has 0 saturated heterocycles. The Morgan fingerprint density at radius 3 is 2.80 bits per heavy atom. The Labute approximate surface area is 92.4 Å². The molecule has 1 heterocycles. The van der Waals surface area contributed by atoms with Crippen LogP contribution in [0, 0.1) is 12.3 Å². The number of nitrogens with one attached hydrogen (secondary N) is 1. The first kappa shape index (κ1) is 9.93. The predicted molar refractivity (Wildman–Crippen MR) is 62.5 cm³/mol. The molecule has 0 saturated carbocycles. The summed E-state index contributed by atoms with van der Waals surface area (Å²) in [6.07, 6.45) is 0. The fourth-order valence-corrected chi connectivity index (χ4v) is 1.57. The SMILES string of the molecule is Cc1cc2ccc(C(=N)N)nc2cc1Cl. The predicted octanol–water partition coefficient (Wildman–Crippen LogP) is 2.48. The summed E-state index contributed by atoms with van der Waals surface area (Å²) in [7, 11) is 0. The Hall–Kier alpha value is -1.61. The van der Waals surface area contributed by atoms with Crippen molar-refractivity contribution in [3.05, 3.63) is 40.5 Å². The van der Waals surface area contributed by atoms with Gasteiger partial charge in [-0.15, -0.1) is 0 Å².